The van der Waals surface area contributed by atoms with Crippen molar-refractivity contribution in [1.82, 2.24) is 0 Å². The fourth-order valence-electron chi connectivity index (χ4n) is 3.00. The summed E-state index contributed by atoms with van der Waals surface area (Å²) < 4.78 is 78.3. The summed E-state index contributed by atoms with van der Waals surface area (Å²) in [7, 11) is 0. The fraction of sp³-hybridized carbons (Fsp3) is 0.273. The molecule has 2 N–H and O–H groups in total. The maximum atomic E-state index is 13.0. The summed E-state index contributed by atoms with van der Waals surface area (Å²) in [6.07, 6.45) is -10.1. The molecule has 0 aromatic heterocycles. The average Bonchev–Trinajstić information content (AvgIpc) is 2.68. The highest BCUT2D eigenvalue weighted by Gasteiger charge is 2.37. The van der Waals surface area contributed by atoms with Gasteiger partial charge in [-0.1, -0.05) is 32.9 Å². The lowest BCUT2D eigenvalue weighted by atomic mass is 9.87. The lowest BCUT2D eigenvalue weighted by Gasteiger charge is -2.20. The van der Waals surface area contributed by atoms with E-state index < -0.39 is 45.7 Å². The van der Waals surface area contributed by atoms with E-state index in [-0.39, 0.29) is 17.2 Å². The molecule has 0 aliphatic carbocycles. The van der Waals surface area contributed by atoms with Gasteiger partial charge in [0.2, 0.25) is 0 Å². The first-order valence-electron chi connectivity index (χ1n) is 9.35. The molecule has 0 aliphatic rings. The average molecular weight is 456 g/mol. The highest BCUT2D eigenvalue weighted by molar-refractivity contribution is 5.82. The van der Waals surface area contributed by atoms with Crippen molar-refractivity contribution in [2.75, 3.05) is 10.6 Å². The van der Waals surface area contributed by atoms with Crippen LogP contribution in [0.2, 0.25) is 0 Å². The van der Waals surface area contributed by atoms with Crippen molar-refractivity contribution in [3.63, 3.8) is 0 Å². The normalized spacial score (nSPS) is 12.8. The van der Waals surface area contributed by atoms with E-state index in [4.69, 9.17) is 0 Å². The fourth-order valence-corrected chi connectivity index (χ4v) is 3.00. The molecule has 0 heterocycles. The van der Waals surface area contributed by atoms with Gasteiger partial charge in [0.1, 0.15) is 11.4 Å². The number of hydrogen-bond donors (Lipinski definition) is 2. The van der Waals surface area contributed by atoms with Crippen LogP contribution in [0.25, 0.3) is 0 Å². The number of anilines is 4. The molecular weight excluding hydrogens is 438 g/mol. The van der Waals surface area contributed by atoms with Gasteiger partial charge in [0, 0.05) is 11.4 Å². The van der Waals surface area contributed by atoms with E-state index in [1.165, 1.54) is 0 Å². The van der Waals surface area contributed by atoms with Gasteiger partial charge in [-0.15, -0.1) is 0 Å². The third kappa shape index (κ3) is 4.79. The van der Waals surface area contributed by atoms with Crippen LogP contribution in [-0.4, -0.2) is 0 Å². The van der Waals surface area contributed by atoms with E-state index in [0.717, 1.165) is 5.56 Å². The van der Waals surface area contributed by atoms with Crippen molar-refractivity contribution in [2.45, 2.75) is 38.5 Å². The van der Waals surface area contributed by atoms with Gasteiger partial charge in [-0.05, 0) is 41.3 Å². The zero-order valence-electron chi connectivity index (χ0n) is 17.1. The minimum atomic E-state index is -5.04. The van der Waals surface area contributed by atoms with E-state index in [9.17, 15) is 35.9 Å². The number of benzene rings is 2. The molecular formula is C22H18F6N2O2. The Kier molecular flexibility index (Phi) is 5.61. The Morgan fingerprint density at radius 3 is 1.38 bits per heavy atom. The van der Waals surface area contributed by atoms with Crippen molar-refractivity contribution in [1.29, 1.82) is 0 Å². The summed E-state index contributed by atoms with van der Waals surface area (Å²) in [6, 6.07) is 7.73. The number of hydrogen-bond acceptors (Lipinski definition) is 4. The molecule has 0 amide bonds. The molecule has 3 aromatic rings. The maximum absolute atomic E-state index is 13.0. The van der Waals surface area contributed by atoms with Crippen molar-refractivity contribution in [3.05, 3.63) is 79.6 Å². The third-order valence-corrected chi connectivity index (χ3v) is 4.79. The Morgan fingerprint density at radius 1 is 0.594 bits per heavy atom. The molecule has 0 saturated heterocycles. The van der Waals surface area contributed by atoms with Gasteiger partial charge < -0.3 is 10.6 Å². The van der Waals surface area contributed by atoms with Crippen LogP contribution in [0.5, 0.6) is 0 Å². The molecule has 170 valence electrons. The van der Waals surface area contributed by atoms with Crippen LogP contribution in [0, 0.1) is 0 Å². The van der Waals surface area contributed by atoms with Gasteiger partial charge in [0.15, 0.2) is 0 Å². The number of halogens is 6. The Labute approximate surface area is 178 Å². The molecule has 32 heavy (non-hydrogen) atoms. The van der Waals surface area contributed by atoms with Crippen molar-refractivity contribution in [3.8, 4) is 0 Å². The van der Waals surface area contributed by atoms with Crippen molar-refractivity contribution < 1.29 is 26.3 Å². The minimum Gasteiger partial charge on any atom is -0.350 e. The molecule has 4 nitrogen and oxygen atoms in total. The van der Waals surface area contributed by atoms with Crippen LogP contribution < -0.4 is 21.5 Å². The molecule has 0 bridgehead atoms. The molecule has 3 rings (SSSR count). The lowest BCUT2D eigenvalue weighted by Crippen LogP contribution is -2.35. The first kappa shape index (κ1) is 23.4. The zero-order valence-corrected chi connectivity index (χ0v) is 17.1. The summed E-state index contributed by atoms with van der Waals surface area (Å²) in [5.41, 5.74) is -5.06. The topological polar surface area (TPSA) is 58.2 Å². The van der Waals surface area contributed by atoms with E-state index >= 15 is 0 Å². The molecule has 3 aromatic carbocycles. The number of nitrogens with one attached hydrogen (secondary N) is 2. The maximum Gasteiger partial charge on any atom is 0.416 e. The highest BCUT2D eigenvalue weighted by Crippen LogP contribution is 2.38. The molecule has 0 atom stereocenters. The summed E-state index contributed by atoms with van der Waals surface area (Å²) >= 11 is 0. The first-order chi connectivity index (χ1) is 14.6. The molecule has 0 unspecified atom stereocenters. The molecule has 0 saturated carbocycles. The van der Waals surface area contributed by atoms with E-state index in [2.05, 4.69) is 10.6 Å². The van der Waals surface area contributed by atoms with Crippen LogP contribution in [0.4, 0.5) is 49.1 Å². The summed E-state index contributed by atoms with van der Waals surface area (Å²) in [4.78, 5) is 23.9. The van der Waals surface area contributed by atoms with E-state index in [0.29, 0.717) is 17.8 Å². The Bertz CT molecular complexity index is 1180. The summed E-state index contributed by atoms with van der Waals surface area (Å²) in [6.45, 7) is 6.00. The second-order valence-corrected chi connectivity index (χ2v) is 8.28. The predicted octanol–water partition coefficient (Wildman–Crippen LogP) is 6.10. The van der Waals surface area contributed by atoms with Gasteiger partial charge in [-0.3, -0.25) is 9.59 Å². The minimum absolute atomic E-state index is 0.0246. The van der Waals surface area contributed by atoms with Crippen LogP contribution in [0.1, 0.15) is 37.5 Å². The van der Waals surface area contributed by atoms with E-state index in [1.807, 2.05) is 20.8 Å². The number of rotatable bonds is 4. The summed E-state index contributed by atoms with van der Waals surface area (Å²) in [5, 5.41) is 4.94. The van der Waals surface area contributed by atoms with Gasteiger partial charge in [-0.2, -0.15) is 26.3 Å². The Morgan fingerprint density at radius 2 is 1.00 bits per heavy atom. The first-order valence-corrected chi connectivity index (χ1v) is 9.35. The summed E-state index contributed by atoms with van der Waals surface area (Å²) in [5.74, 6) is 0. The van der Waals surface area contributed by atoms with Crippen molar-refractivity contribution in [2.24, 2.45) is 0 Å². The lowest BCUT2D eigenvalue weighted by molar-refractivity contribution is -0.143. The monoisotopic (exact) mass is 456 g/mol. The van der Waals surface area contributed by atoms with Crippen LogP contribution >= 0.6 is 0 Å². The van der Waals surface area contributed by atoms with Crippen LogP contribution in [0.3, 0.4) is 0 Å². The van der Waals surface area contributed by atoms with Gasteiger partial charge in [0.25, 0.3) is 10.9 Å². The van der Waals surface area contributed by atoms with Gasteiger partial charge in [-0.25, -0.2) is 0 Å². The molecule has 0 aliphatic heterocycles. The van der Waals surface area contributed by atoms with Crippen molar-refractivity contribution >= 4 is 22.7 Å². The number of alkyl halides is 6. The smallest absolute Gasteiger partial charge is 0.350 e. The van der Waals surface area contributed by atoms with E-state index in [1.54, 1.807) is 24.3 Å². The second kappa shape index (κ2) is 7.68. The third-order valence-electron chi connectivity index (χ3n) is 4.79. The molecule has 0 radical (unpaired) electrons. The standard InChI is InChI=1S/C22H18F6N2O2/c1-20(2,3)11-4-6-14(7-5-11)29-16-17(19(32)18(16)31)30-15-9-12(21(23,24)25)8-13(10-15)22(26,27)28/h4-10,29-30H,1-3H3. The molecule has 10 heteroatoms. The van der Waals surface area contributed by atoms with Gasteiger partial charge >= 0.3 is 12.4 Å². The quantitative estimate of drug-likeness (QED) is 0.368. The highest BCUT2D eigenvalue weighted by atomic mass is 19.4. The SMILES string of the molecule is CC(C)(C)c1ccc(Nc2c(Nc3cc(C(F)(F)F)cc(C(F)(F)F)c3)c(=O)c2=O)cc1. The molecule has 0 spiro atoms. The Hall–Kier alpha value is -3.30. The van der Waals surface area contributed by atoms with Crippen LogP contribution in [0.15, 0.2) is 52.1 Å². The molecule has 0 fully saturated rings. The van der Waals surface area contributed by atoms with Gasteiger partial charge in [0.05, 0.1) is 11.1 Å². The largest absolute Gasteiger partial charge is 0.416 e. The zero-order chi connectivity index (χ0) is 24.1. The Balaban J connectivity index is 1.94. The van der Waals surface area contributed by atoms with Crippen LogP contribution in [-0.2, 0) is 17.8 Å². The second-order valence-electron chi connectivity index (χ2n) is 8.28. The predicted molar refractivity (Wildman–Crippen MR) is 110 cm³/mol.